The van der Waals surface area contributed by atoms with Gasteiger partial charge in [-0.2, -0.15) is 13.2 Å². The minimum Gasteiger partial charge on any atom is -0.486 e. The molecule has 0 unspecified atom stereocenters. The molecule has 3 aromatic rings. The van der Waals surface area contributed by atoms with Crippen LogP contribution in [0.25, 0.3) is 0 Å². The Hall–Kier alpha value is -2.35. The summed E-state index contributed by atoms with van der Waals surface area (Å²) in [6, 6.07) is 10.2. The van der Waals surface area contributed by atoms with E-state index in [1.54, 1.807) is 0 Å². The summed E-state index contributed by atoms with van der Waals surface area (Å²) in [5.41, 5.74) is 1.30. The molecular formula is C26H21Cl2F3LiO6S. The predicted molar refractivity (Wildman–Crippen MR) is 140 cm³/mol. The summed E-state index contributed by atoms with van der Waals surface area (Å²) >= 11 is 12.6. The van der Waals surface area contributed by atoms with Crippen molar-refractivity contribution in [1.82, 2.24) is 0 Å². The first-order valence-electron chi connectivity index (χ1n) is 11.3. The van der Waals surface area contributed by atoms with E-state index in [1.165, 1.54) is 36.4 Å². The zero-order valence-electron chi connectivity index (χ0n) is 20.6. The molecule has 0 aromatic heterocycles. The number of fused-ring (bicyclic) bond motifs is 1. The van der Waals surface area contributed by atoms with Gasteiger partial charge in [-0.15, -0.1) is 0 Å². The summed E-state index contributed by atoms with van der Waals surface area (Å²) in [5, 5.41) is 8.98. The number of benzene rings is 3. The van der Waals surface area contributed by atoms with Crippen LogP contribution < -0.4 is 9.47 Å². The van der Waals surface area contributed by atoms with E-state index in [9.17, 15) is 26.4 Å². The molecule has 1 radical (unpaired) electrons. The molecule has 0 saturated heterocycles. The molecule has 39 heavy (non-hydrogen) atoms. The van der Waals surface area contributed by atoms with Crippen molar-refractivity contribution in [2.45, 2.75) is 42.7 Å². The van der Waals surface area contributed by atoms with Crippen LogP contribution in [0.15, 0.2) is 53.4 Å². The smallest absolute Gasteiger partial charge is 0.416 e. The second kappa shape index (κ2) is 12.4. The zero-order chi connectivity index (χ0) is 27.7. The number of ether oxygens (including phenoxy) is 2. The number of aliphatic carboxylic acids is 1. The molecule has 1 aliphatic rings. The predicted octanol–water partition coefficient (Wildman–Crippen LogP) is 6.14. The molecule has 0 aliphatic heterocycles. The average molecular weight is 596 g/mol. The molecule has 0 amide bonds. The fourth-order valence-electron chi connectivity index (χ4n) is 4.28. The van der Waals surface area contributed by atoms with Gasteiger partial charge in [-0.1, -0.05) is 35.3 Å². The Bertz CT molecular complexity index is 1460. The van der Waals surface area contributed by atoms with Crippen LogP contribution in [-0.2, 0) is 46.0 Å². The van der Waals surface area contributed by atoms with Gasteiger partial charge in [0.15, 0.2) is 22.2 Å². The van der Waals surface area contributed by atoms with Crippen molar-refractivity contribution in [2.75, 3.05) is 6.61 Å². The number of carbonyl (C=O) groups is 1. The Morgan fingerprint density at radius 1 is 0.923 bits per heavy atom. The van der Waals surface area contributed by atoms with Crippen molar-refractivity contribution in [1.29, 1.82) is 0 Å². The van der Waals surface area contributed by atoms with E-state index in [-0.39, 0.29) is 46.2 Å². The molecule has 0 saturated carbocycles. The topological polar surface area (TPSA) is 89.9 Å². The first-order valence-corrected chi connectivity index (χ1v) is 13.7. The third-order valence-corrected chi connectivity index (χ3v) is 8.29. The van der Waals surface area contributed by atoms with Crippen molar-refractivity contribution in [2.24, 2.45) is 0 Å². The summed E-state index contributed by atoms with van der Waals surface area (Å²) in [4.78, 5) is 11.0. The standard InChI is InChI=1S/C26H21Cl2F3O6S.Li/c27-20-10-16(11-21(28)25(20)37-12-15-4-6-17(7-5-15)26(29,30)31)14-38(34,35)23-9-8-22(36-13-24(32)33)18-2-1-3-19(18)23;/h4-11H,1-3,12-14H2,(H,32,33);. The van der Waals surface area contributed by atoms with Gasteiger partial charge < -0.3 is 14.6 Å². The van der Waals surface area contributed by atoms with E-state index in [2.05, 4.69) is 0 Å². The molecule has 3 aromatic carbocycles. The number of hydrogen-bond acceptors (Lipinski definition) is 5. The molecule has 13 heteroatoms. The number of alkyl halides is 3. The van der Waals surface area contributed by atoms with Gasteiger partial charge >= 0.3 is 12.1 Å². The molecule has 0 spiro atoms. The van der Waals surface area contributed by atoms with Crippen LogP contribution in [0.1, 0.15) is 34.2 Å². The molecule has 1 aliphatic carbocycles. The number of halogens is 5. The maximum atomic E-state index is 13.3. The van der Waals surface area contributed by atoms with E-state index in [0.29, 0.717) is 47.3 Å². The molecule has 0 atom stereocenters. The van der Waals surface area contributed by atoms with E-state index in [0.717, 1.165) is 12.1 Å². The van der Waals surface area contributed by atoms with Gasteiger partial charge in [0, 0.05) is 18.9 Å². The molecule has 0 bridgehead atoms. The van der Waals surface area contributed by atoms with Gasteiger partial charge in [-0.3, -0.25) is 0 Å². The Labute approximate surface area is 245 Å². The SMILES string of the molecule is O=C(O)COc1ccc(S(=O)(=O)Cc2cc(Cl)c(OCc3ccc(C(F)(F)F)cc3)c(Cl)c2)c2c1CCC2.[Li]. The molecule has 4 rings (SSSR count). The van der Waals surface area contributed by atoms with Crippen LogP contribution in [0, 0.1) is 0 Å². The Morgan fingerprint density at radius 2 is 1.54 bits per heavy atom. The van der Waals surface area contributed by atoms with Crippen molar-refractivity contribution in [3.63, 3.8) is 0 Å². The molecular weight excluding hydrogens is 575 g/mol. The number of carboxylic acid groups (broad SMARTS) is 1. The Kier molecular flexibility index (Phi) is 9.95. The Balaban J connectivity index is 0.00000420. The summed E-state index contributed by atoms with van der Waals surface area (Å²) in [7, 11) is -3.83. The monoisotopic (exact) mass is 595 g/mol. The van der Waals surface area contributed by atoms with Gasteiger partial charge in [0.25, 0.3) is 0 Å². The van der Waals surface area contributed by atoms with E-state index in [4.69, 9.17) is 37.8 Å². The second-order valence-corrected chi connectivity index (χ2v) is 11.5. The van der Waals surface area contributed by atoms with Crippen LogP contribution in [0.3, 0.4) is 0 Å². The van der Waals surface area contributed by atoms with Gasteiger partial charge in [0.05, 0.1) is 26.3 Å². The molecule has 0 fully saturated rings. The third kappa shape index (κ3) is 7.44. The van der Waals surface area contributed by atoms with E-state index in [1.807, 2.05) is 0 Å². The maximum absolute atomic E-state index is 13.3. The van der Waals surface area contributed by atoms with Crippen molar-refractivity contribution in [3.05, 3.63) is 86.4 Å². The first kappa shape index (κ1) is 31.2. The summed E-state index contributed by atoms with van der Waals surface area (Å²) in [6.07, 6.45) is -2.63. The third-order valence-electron chi connectivity index (χ3n) is 5.96. The van der Waals surface area contributed by atoms with Gasteiger partial charge in [0.2, 0.25) is 0 Å². The number of hydrogen-bond donors (Lipinski definition) is 1. The van der Waals surface area contributed by atoms with Gasteiger partial charge in [-0.25, -0.2) is 13.2 Å². The molecule has 1 N–H and O–H groups in total. The largest absolute Gasteiger partial charge is 0.486 e. The van der Waals surface area contributed by atoms with E-state index < -0.39 is 39.9 Å². The molecule has 0 heterocycles. The van der Waals surface area contributed by atoms with Crippen molar-refractivity contribution >= 4 is 57.9 Å². The maximum Gasteiger partial charge on any atom is 0.416 e. The number of sulfone groups is 1. The summed E-state index contributed by atoms with van der Waals surface area (Å²) in [6.45, 7) is -0.625. The summed E-state index contributed by atoms with van der Waals surface area (Å²) in [5.74, 6) is -1.09. The summed E-state index contributed by atoms with van der Waals surface area (Å²) < 4.78 is 75.8. The van der Waals surface area contributed by atoms with Gasteiger partial charge in [0.1, 0.15) is 12.4 Å². The van der Waals surface area contributed by atoms with Crippen LogP contribution in [0.4, 0.5) is 13.2 Å². The average Bonchev–Trinajstić information content (AvgIpc) is 3.31. The molecule has 203 valence electrons. The zero-order valence-corrected chi connectivity index (χ0v) is 23.0. The number of carboxylic acids is 1. The van der Waals surface area contributed by atoms with E-state index >= 15 is 0 Å². The minimum atomic E-state index is -4.45. The first-order chi connectivity index (χ1) is 17.8. The van der Waals surface area contributed by atoms with Crippen molar-refractivity contribution < 1.29 is 41.0 Å². The fourth-order valence-corrected chi connectivity index (χ4v) is 6.56. The van der Waals surface area contributed by atoms with Crippen LogP contribution in [0.2, 0.25) is 10.0 Å². The normalized spacial score (nSPS) is 12.9. The Morgan fingerprint density at radius 3 is 2.13 bits per heavy atom. The van der Waals surface area contributed by atoms with Crippen LogP contribution in [0.5, 0.6) is 11.5 Å². The minimum absolute atomic E-state index is 0. The number of rotatable bonds is 9. The van der Waals surface area contributed by atoms with Crippen molar-refractivity contribution in [3.8, 4) is 11.5 Å². The quantitative estimate of drug-likeness (QED) is 0.299. The molecule has 6 nitrogen and oxygen atoms in total. The second-order valence-electron chi connectivity index (χ2n) is 8.69. The van der Waals surface area contributed by atoms with Crippen LogP contribution >= 0.6 is 23.2 Å². The van der Waals surface area contributed by atoms with Gasteiger partial charge in [-0.05, 0) is 77.9 Å². The van der Waals surface area contributed by atoms with Crippen LogP contribution in [-0.4, -0.2) is 45.0 Å². The fraction of sp³-hybridized carbons (Fsp3) is 0.269.